The minimum absolute atomic E-state index is 0.224. The van der Waals surface area contributed by atoms with Crippen molar-refractivity contribution in [2.24, 2.45) is 5.92 Å². The van der Waals surface area contributed by atoms with Crippen molar-refractivity contribution in [3.8, 4) is 0 Å². The maximum Gasteiger partial charge on any atom is 0.423 e. The lowest BCUT2D eigenvalue weighted by atomic mass is 10.1. The molecule has 0 heterocycles. The van der Waals surface area contributed by atoms with Crippen LogP contribution < -0.4 is 5.32 Å². The second-order valence-electron chi connectivity index (χ2n) is 4.26. The van der Waals surface area contributed by atoms with Crippen molar-refractivity contribution in [1.82, 2.24) is 0 Å². The Balaban J connectivity index is 3.10. The van der Waals surface area contributed by atoms with E-state index in [9.17, 15) is 23.3 Å². The van der Waals surface area contributed by atoms with Crippen molar-refractivity contribution in [1.29, 1.82) is 0 Å². The van der Waals surface area contributed by atoms with E-state index >= 15 is 0 Å². The average Bonchev–Trinajstić information content (AvgIpc) is 2.24. The lowest BCUT2D eigenvalue weighted by molar-refractivity contribution is -0.388. The van der Waals surface area contributed by atoms with Gasteiger partial charge in [0.05, 0.1) is 4.92 Å². The fourth-order valence-corrected chi connectivity index (χ4v) is 1.35. The molecular weight excluding hydrogens is 249 g/mol. The molecule has 0 aliphatic carbocycles. The summed E-state index contributed by atoms with van der Waals surface area (Å²) < 4.78 is 38.0. The molecule has 0 fully saturated rings. The summed E-state index contributed by atoms with van der Waals surface area (Å²) in [6.45, 7) is 4.31. The average molecular weight is 262 g/mol. The maximum absolute atomic E-state index is 12.7. The summed E-state index contributed by atoms with van der Waals surface area (Å²) in [6.07, 6.45) is -4.74. The van der Waals surface area contributed by atoms with E-state index in [1.165, 1.54) is 6.07 Å². The number of anilines is 1. The maximum atomic E-state index is 12.7. The molecule has 100 valence electrons. The first-order valence-corrected chi connectivity index (χ1v) is 5.31. The molecule has 1 aromatic rings. The summed E-state index contributed by atoms with van der Waals surface area (Å²) in [5.74, 6) is 0.259. The Labute approximate surface area is 102 Å². The number of alkyl halides is 3. The van der Waals surface area contributed by atoms with Crippen molar-refractivity contribution in [2.75, 3.05) is 11.9 Å². The first-order chi connectivity index (χ1) is 8.21. The van der Waals surface area contributed by atoms with Gasteiger partial charge in [0.2, 0.25) is 0 Å². The Morgan fingerprint density at radius 1 is 1.39 bits per heavy atom. The van der Waals surface area contributed by atoms with E-state index in [-0.39, 0.29) is 11.6 Å². The van der Waals surface area contributed by atoms with Crippen LogP contribution in [0.4, 0.5) is 24.5 Å². The number of nitrogens with one attached hydrogen (secondary N) is 1. The fourth-order valence-electron chi connectivity index (χ4n) is 1.35. The zero-order valence-corrected chi connectivity index (χ0v) is 9.91. The number of rotatable bonds is 4. The van der Waals surface area contributed by atoms with Gasteiger partial charge in [-0.25, -0.2) is 0 Å². The van der Waals surface area contributed by atoms with Crippen LogP contribution in [0.3, 0.4) is 0 Å². The Morgan fingerprint density at radius 3 is 2.44 bits per heavy atom. The van der Waals surface area contributed by atoms with Gasteiger partial charge < -0.3 is 5.32 Å². The third-order valence-electron chi connectivity index (χ3n) is 2.21. The summed E-state index contributed by atoms with van der Waals surface area (Å²) in [7, 11) is 0. The summed E-state index contributed by atoms with van der Waals surface area (Å²) >= 11 is 0. The SMILES string of the molecule is CC(C)CNc1ccc([N+](=O)[O-])c(C(F)(F)F)c1. The van der Waals surface area contributed by atoms with Crippen LogP contribution in [-0.2, 0) is 6.18 Å². The highest BCUT2D eigenvalue weighted by Gasteiger charge is 2.38. The van der Waals surface area contributed by atoms with E-state index in [4.69, 9.17) is 0 Å². The van der Waals surface area contributed by atoms with E-state index in [1.54, 1.807) is 0 Å². The predicted octanol–water partition coefficient (Wildman–Crippen LogP) is 3.68. The molecule has 1 rings (SSSR count). The highest BCUT2D eigenvalue weighted by Crippen LogP contribution is 2.37. The van der Waals surface area contributed by atoms with Crippen molar-refractivity contribution in [3.63, 3.8) is 0 Å². The van der Waals surface area contributed by atoms with E-state index in [0.29, 0.717) is 6.54 Å². The number of nitro benzene ring substituents is 1. The molecule has 1 aromatic carbocycles. The summed E-state index contributed by atoms with van der Waals surface area (Å²) in [5.41, 5.74) is -1.94. The molecule has 0 aliphatic rings. The second kappa shape index (κ2) is 5.24. The molecule has 0 aromatic heterocycles. The number of nitro groups is 1. The number of nitrogens with zero attached hydrogens (tertiary/aromatic N) is 1. The van der Waals surface area contributed by atoms with Gasteiger partial charge in [-0.2, -0.15) is 13.2 Å². The van der Waals surface area contributed by atoms with Crippen LogP contribution in [0.1, 0.15) is 19.4 Å². The summed E-state index contributed by atoms with van der Waals surface area (Å²) in [5, 5.41) is 13.3. The Morgan fingerprint density at radius 2 is 2.00 bits per heavy atom. The minimum Gasteiger partial charge on any atom is -0.385 e. The van der Waals surface area contributed by atoms with Gasteiger partial charge in [-0.3, -0.25) is 10.1 Å². The van der Waals surface area contributed by atoms with Gasteiger partial charge in [-0.15, -0.1) is 0 Å². The first-order valence-electron chi connectivity index (χ1n) is 5.31. The highest BCUT2D eigenvalue weighted by atomic mass is 19.4. The topological polar surface area (TPSA) is 55.2 Å². The zero-order valence-electron chi connectivity index (χ0n) is 9.91. The minimum atomic E-state index is -4.74. The van der Waals surface area contributed by atoms with Gasteiger partial charge in [0.1, 0.15) is 5.56 Å². The molecule has 1 N–H and O–H groups in total. The number of benzene rings is 1. The zero-order chi connectivity index (χ0) is 13.9. The van der Waals surface area contributed by atoms with E-state index in [1.807, 2.05) is 13.8 Å². The Kier molecular flexibility index (Phi) is 4.15. The van der Waals surface area contributed by atoms with E-state index < -0.39 is 22.4 Å². The Hall–Kier alpha value is -1.79. The van der Waals surface area contributed by atoms with Crippen LogP contribution in [0, 0.1) is 16.0 Å². The van der Waals surface area contributed by atoms with Crippen molar-refractivity contribution >= 4 is 11.4 Å². The number of hydrogen-bond acceptors (Lipinski definition) is 3. The molecule has 0 unspecified atom stereocenters. The largest absolute Gasteiger partial charge is 0.423 e. The van der Waals surface area contributed by atoms with Crippen LogP contribution in [0.15, 0.2) is 18.2 Å². The summed E-state index contributed by atoms with van der Waals surface area (Å²) in [4.78, 5) is 9.50. The second-order valence-corrected chi connectivity index (χ2v) is 4.26. The highest BCUT2D eigenvalue weighted by molar-refractivity contribution is 5.55. The van der Waals surface area contributed by atoms with Crippen molar-refractivity contribution in [2.45, 2.75) is 20.0 Å². The molecule has 0 saturated carbocycles. The fraction of sp³-hybridized carbons (Fsp3) is 0.455. The third kappa shape index (κ3) is 3.61. The van der Waals surface area contributed by atoms with Gasteiger partial charge in [0, 0.05) is 18.3 Å². The molecule has 0 aliphatic heterocycles. The van der Waals surface area contributed by atoms with E-state index in [0.717, 1.165) is 12.1 Å². The molecule has 0 bridgehead atoms. The molecule has 0 spiro atoms. The monoisotopic (exact) mass is 262 g/mol. The lowest BCUT2D eigenvalue weighted by Crippen LogP contribution is -2.12. The van der Waals surface area contributed by atoms with Crippen LogP contribution in [0.25, 0.3) is 0 Å². The molecule has 0 radical (unpaired) electrons. The van der Waals surface area contributed by atoms with Gasteiger partial charge in [0.15, 0.2) is 0 Å². The quantitative estimate of drug-likeness (QED) is 0.665. The lowest BCUT2D eigenvalue weighted by Gasteiger charge is -2.12. The Bertz CT molecular complexity index is 444. The predicted molar refractivity (Wildman–Crippen MR) is 61.4 cm³/mol. The molecule has 0 atom stereocenters. The number of hydrogen-bond donors (Lipinski definition) is 1. The molecule has 0 amide bonds. The number of halogens is 3. The van der Waals surface area contributed by atoms with Crippen molar-refractivity contribution < 1.29 is 18.1 Å². The van der Waals surface area contributed by atoms with Crippen LogP contribution >= 0.6 is 0 Å². The third-order valence-corrected chi connectivity index (χ3v) is 2.21. The molecular formula is C11H13F3N2O2. The molecule has 7 heteroatoms. The van der Waals surface area contributed by atoms with Crippen molar-refractivity contribution in [3.05, 3.63) is 33.9 Å². The van der Waals surface area contributed by atoms with Gasteiger partial charge in [0.25, 0.3) is 5.69 Å². The smallest absolute Gasteiger partial charge is 0.385 e. The van der Waals surface area contributed by atoms with Crippen LogP contribution in [-0.4, -0.2) is 11.5 Å². The summed E-state index contributed by atoms with van der Waals surface area (Å²) in [6, 6.07) is 2.90. The van der Waals surface area contributed by atoms with Gasteiger partial charge in [-0.05, 0) is 18.1 Å². The van der Waals surface area contributed by atoms with Gasteiger partial charge in [-0.1, -0.05) is 13.8 Å². The van der Waals surface area contributed by atoms with Gasteiger partial charge >= 0.3 is 6.18 Å². The van der Waals surface area contributed by atoms with Crippen LogP contribution in [0.5, 0.6) is 0 Å². The van der Waals surface area contributed by atoms with Crippen LogP contribution in [0.2, 0.25) is 0 Å². The molecule has 4 nitrogen and oxygen atoms in total. The molecule has 18 heavy (non-hydrogen) atoms. The normalized spacial score (nSPS) is 11.7. The first kappa shape index (κ1) is 14.3. The molecule has 0 saturated heterocycles. The standard InChI is InChI=1S/C11H13F3N2O2/c1-7(2)6-15-8-3-4-10(16(17)18)9(5-8)11(12,13)14/h3-5,7,15H,6H2,1-2H3. The van der Waals surface area contributed by atoms with E-state index in [2.05, 4.69) is 5.32 Å².